The van der Waals surface area contributed by atoms with Crippen LogP contribution in [0.1, 0.15) is 28.4 Å². The molecule has 0 fully saturated rings. The number of rotatable bonds is 7. The van der Waals surface area contributed by atoms with Gasteiger partial charge >= 0.3 is 17.8 Å². The molecule has 3 rings (SSSR count). The summed E-state index contributed by atoms with van der Waals surface area (Å²) < 4.78 is 11.5. The molecule has 0 saturated heterocycles. The number of anilines is 1. The van der Waals surface area contributed by atoms with E-state index in [2.05, 4.69) is 31.8 Å². The van der Waals surface area contributed by atoms with Crippen molar-refractivity contribution in [2.75, 3.05) is 12.4 Å². The third-order valence-corrected chi connectivity index (χ3v) is 5.15. The van der Waals surface area contributed by atoms with Crippen LogP contribution in [0.2, 0.25) is 0 Å². The normalized spacial score (nSPS) is 10.6. The minimum Gasteiger partial charge on any atom is -0.493 e. The Bertz CT molecular complexity index is 1230. The number of benzene rings is 3. The largest absolute Gasteiger partial charge is 0.493 e. The standard InChI is InChI=1S/C25H22BrN3O5/c1-3-16-7-10-20(11-8-16)28-23(30)24(31)29-27-15-17-9-12-21(22(13-17)33-2)34-25(32)18-5-4-6-19(26)14-18/h4-15H,3H2,1-2H3,(H,28,30)(H,29,31)/b27-15+. The molecular weight excluding hydrogens is 502 g/mol. The van der Waals surface area contributed by atoms with Crippen molar-refractivity contribution >= 4 is 45.6 Å². The molecular formula is C25H22BrN3O5. The molecule has 2 amide bonds. The van der Waals surface area contributed by atoms with Crippen LogP contribution in [0.15, 0.2) is 76.3 Å². The number of nitrogens with one attached hydrogen (secondary N) is 2. The Balaban J connectivity index is 1.59. The summed E-state index contributed by atoms with van der Waals surface area (Å²) in [5.74, 6) is -1.77. The zero-order chi connectivity index (χ0) is 24.5. The summed E-state index contributed by atoms with van der Waals surface area (Å²) >= 11 is 3.32. The predicted octanol–water partition coefficient (Wildman–Crippen LogP) is 4.33. The Morgan fingerprint density at radius 3 is 2.41 bits per heavy atom. The first-order valence-corrected chi connectivity index (χ1v) is 11.1. The van der Waals surface area contributed by atoms with Gasteiger partial charge in [-0.15, -0.1) is 0 Å². The number of ether oxygens (including phenoxy) is 2. The highest BCUT2D eigenvalue weighted by molar-refractivity contribution is 9.10. The first-order chi connectivity index (χ1) is 16.4. The molecule has 174 valence electrons. The van der Waals surface area contributed by atoms with Crippen LogP contribution in [0, 0.1) is 0 Å². The molecule has 2 N–H and O–H groups in total. The minimum absolute atomic E-state index is 0.224. The summed E-state index contributed by atoms with van der Waals surface area (Å²) in [5, 5.41) is 6.31. The first-order valence-electron chi connectivity index (χ1n) is 10.3. The van der Waals surface area contributed by atoms with Crippen LogP contribution < -0.4 is 20.2 Å². The van der Waals surface area contributed by atoms with E-state index in [-0.39, 0.29) is 5.75 Å². The Hall–Kier alpha value is -3.98. The quantitative estimate of drug-likeness (QED) is 0.157. The number of aryl methyl sites for hydroxylation is 1. The fraction of sp³-hybridized carbons (Fsp3) is 0.120. The lowest BCUT2D eigenvalue weighted by Crippen LogP contribution is -2.32. The van der Waals surface area contributed by atoms with E-state index >= 15 is 0 Å². The zero-order valence-electron chi connectivity index (χ0n) is 18.5. The maximum atomic E-state index is 12.4. The number of esters is 1. The van der Waals surface area contributed by atoms with E-state index in [1.807, 2.05) is 19.1 Å². The van der Waals surface area contributed by atoms with Crippen molar-refractivity contribution in [1.29, 1.82) is 0 Å². The molecule has 0 aromatic heterocycles. The first kappa shape index (κ1) is 24.7. The van der Waals surface area contributed by atoms with E-state index in [9.17, 15) is 14.4 Å². The summed E-state index contributed by atoms with van der Waals surface area (Å²) in [4.78, 5) is 36.4. The Morgan fingerprint density at radius 2 is 1.74 bits per heavy atom. The number of hydrazone groups is 1. The van der Waals surface area contributed by atoms with E-state index in [1.54, 1.807) is 54.6 Å². The van der Waals surface area contributed by atoms with E-state index in [0.29, 0.717) is 22.6 Å². The van der Waals surface area contributed by atoms with Crippen molar-refractivity contribution in [2.24, 2.45) is 5.10 Å². The summed E-state index contributed by atoms with van der Waals surface area (Å²) in [5.41, 5.74) is 4.74. The van der Waals surface area contributed by atoms with Gasteiger partial charge in [-0.25, -0.2) is 10.2 Å². The van der Waals surface area contributed by atoms with Gasteiger partial charge in [0.1, 0.15) is 0 Å². The topological polar surface area (TPSA) is 106 Å². The molecule has 3 aromatic carbocycles. The lowest BCUT2D eigenvalue weighted by atomic mass is 10.1. The maximum absolute atomic E-state index is 12.4. The zero-order valence-corrected chi connectivity index (χ0v) is 20.1. The van der Waals surface area contributed by atoms with Gasteiger partial charge in [-0.2, -0.15) is 5.10 Å². The third-order valence-electron chi connectivity index (χ3n) is 4.66. The highest BCUT2D eigenvalue weighted by Crippen LogP contribution is 2.28. The fourth-order valence-corrected chi connectivity index (χ4v) is 3.25. The van der Waals surface area contributed by atoms with Crippen LogP contribution in [0.3, 0.4) is 0 Å². The number of hydrogen-bond donors (Lipinski definition) is 2. The Morgan fingerprint density at radius 1 is 0.971 bits per heavy atom. The number of nitrogens with zero attached hydrogens (tertiary/aromatic N) is 1. The third kappa shape index (κ3) is 6.76. The molecule has 0 aliphatic heterocycles. The Labute approximate surface area is 205 Å². The molecule has 3 aromatic rings. The lowest BCUT2D eigenvalue weighted by Gasteiger charge is -2.10. The van der Waals surface area contributed by atoms with Crippen LogP contribution in [0.4, 0.5) is 5.69 Å². The van der Waals surface area contributed by atoms with Crippen molar-refractivity contribution in [2.45, 2.75) is 13.3 Å². The molecule has 0 bridgehead atoms. The SMILES string of the molecule is CCc1ccc(NC(=O)C(=O)N/N=C/c2ccc(OC(=O)c3cccc(Br)c3)c(OC)c2)cc1. The van der Waals surface area contributed by atoms with Gasteiger partial charge in [0.2, 0.25) is 0 Å². The van der Waals surface area contributed by atoms with Crippen molar-refractivity contribution in [1.82, 2.24) is 5.43 Å². The van der Waals surface area contributed by atoms with Gasteiger partial charge in [0.15, 0.2) is 11.5 Å². The van der Waals surface area contributed by atoms with Gasteiger partial charge < -0.3 is 14.8 Å². The van der Waals surface area contributed by atoms with Crippen LogP contribution in [-0.2, 0) is 16.0 Å². The summed E-state index contributed by atoms with van der Waals surface area (Å²) in [7, 11) is 1.44. The van der Waals surface area contributed by atoms with E-state index in [0.717, 1.165) is 16.5 Å². The van der Waals surface area contributed by atoms with Crippen LogP contribution in [0.25, 0.3) is 0 Å². The lowest BCUT2D eigenvalue weighted by molar-refractivity contribution is -0.136. The molecule has 0 spiro atoms. The second kappa shape index (κ2) is 11.8. The molecule has 34 heavy (non-hydrogen) atoms. The number of methoxy groups -OCH3 is 1. The second-order valence-electron chi connectivity index (χ2n) is 7.01. The summed E-state index contributed by atoms with van der Waals surface area (Å²) in [6, 6.07) is 18.8. The summed E-state index contributed by atoms with van der Waals surface area (Å²) in [6.07, 6.45) is 2.21. The van der Waals surface area contributed by atoms with Crippen LogP contribution in [-0.4, -0.2) is 31.1 Å². The second-order valence-corrected chi connectivity index (χ2v) is 7.93. The van der Waals surface area contributed by atoms with Crippen molar-refractivity contribution in [3.05, 3.63) is 87.9 Å². The molecule has 0 aliphatic carbocycles. The minimum atomic E-state index is -0.914. The average molecular weight is 524 g/mol. The number of amides is 2. The molecule has 9 heteroatoms. The van der Waals surface area contributed by atoms with Crippen molar-refractivity contribution in [3.8, 4) is 11.5 Å². The van der Waals surface area contributed by atoms with Crippen LogP contribution in [0.5, 0.6) is 11.5 Å². The van der Waals surface area contributed by atoms with E-state index in [1.165, 1.54) is 13.3 Å². The smallest absolute Gasteiger partial charge is 0.343 e. The molecule has 0 saturated carbocycles. The van der Waals surface area contributed by atoms with Gasteiger partial charge in [0, 0.05) is 10.2 Å². The summed E-state index contributed by atoms with van der Waals surface area (Å²) in [6.45, 7) is 2.03. The Kier molecular flexibility index (Phi) is 8.53. The highest BCUT2D eigenvalue weighted by atomic mass is 79.9. The number of hydrogen-bond acceptors (Lipinski definition) is 6. The maximum Gasteiger partial charge on any atom is 0.343 e. The van der Waals surface area contributed by atoms with Crippen molar-refractivity contribution in [3.63, 3.8) is 0 Å². The monoisotopic (exact) mass is 523 g/mol. The molecule has 0 atom stereocenters. The molecule has 0 radical (unpaired) electrons. The van der Waals surface area contributed by atoms with E-state index in [4.69, 9.17) is 9.47 Å². The van der Waals surface area contributed by atoms with Crippen molar-refractivity contribution < 1.29 is 23.9 Å². The van der Waals surface area contributed by atoms with Gasteiger partial charge in [-0.1, -0.05) is 41.1 Å². The number of carbonyl (C=O) groups excluding carboxylic acids is 3. The van der Waals surface area contributed by atoms with Gasteiger partial charge in [0.25, 0.3) is 0 Å². The fourth-order valence-electron chi connectivity index (χ4n) is 2.85. The number of halogens is 1. The van der Waals surface area contributed by atoms with Gasteiger partial charge in [-0.05, 0) is 66.1 Å². The molecule has 0 aliphatic rings. The predicted molar refractivity (Wildman–Crippen MR) is 132 cm³/mol. The number of carbonyl (C=O) groups is 3. The van der Waals surface area contributed by atoms with E-state index < -0.39 is 17.8 Å². The average Bonchev–Trinajstić information content (AvgIpc) is 2.85. The van der Waals surface area contributed by atoms with Gasteiger partial charge in [0.05, 0.1) is 18.9 Å². The van der Waals surface area contributed by atoms with Crippen LogP contribution >= 0.6 is 15.9 Å². The highest BCUT2D eigenvalue weighted by Gasteiger charge is 2.14. The van der Waals surface area contributed by atoms with Gasteiger partial charge in [-0.3, -0.25) is 9.59 Å². The molecule has 8 nitrogen and oxygen atoms in total. The molecule has 0 unspecified atom stereocenters. The molecule has 0 heterocycles.